The minimum absolute atomic E-state index is 0. The van der Waals surface area contributed by atoms with Gasteiger partial charge in [-0.1, -0.05) is 0 Å². The van der Waals surface area contributed by atoms with Gasteiger partial charge in [-0.3, -0.25) is 4.79 Å². The van der Waals surface area contributed by atoms with Crippen LogP contribution in [0.1, 0.15) is 6.42 Å². The van der Waals surface area contributed by atoms with Gasteiger partial charge in [-0.05, 0) is 37.2 Å². The Balaban J connectivity index is 0.00000180. The predicted molar refractivity (Wildman–Crippen MR) is 78.4 cm³/mol. The molecule has 0 atom stereocenters. The first-order valence-electron chi connectivity index (χ1n) is 6.12. The van der Waals surface area contributed by atoms with Crippen LogP contribution in [0.2, 0.25) is 0 Å². The van der Waals surface area contributed by atoms with Crippen LogP contribution in [0.4, 0.5) is 4.39 Å². The van der Waals surface area contributed by atoms with E-state index >= 15 is 0 Å². The lowest BCUT2D eigenvalue weighted by molar-refractivity contribution is -0.128. The summed E-state index contributed by atoms with van der Waals surface area (Å²) in [7, 11) is 0. The van der Waals surface area contributed by atoms with Crippen molar-refractivity contribution in [3.05, 3.63) is 30.1 Å². The number of nitrogens with zero attached hydrogens (tertiary/aromatic N) is 1. The molecule has 0 spiro atoms. The first-order chi connectivity index (χ1) is 8.75. The topological polar surface area (TPSA) is 32.3 Å². The van der Waals surface area contributed by atoms with Crippen LogP contribution in [0.3, 0.4) is 0 Å². The van der Waals surface area contributed by atoms with E-state index in [1.165, 1.54) is 23.9 Å². The molecular formula is C13H18ClFN2OS. The van der Waals surface area contributed by atoms with Gasteiger partial charge in [-0.15, -0.1) is 24.2 Å². The summed E-state index contributed by atoms with van der Waals surface area (Å²) in [6.07, 6.45) is 1.01. The molecule has 0 aliphatic carbocycles. The van der Waals surface area contributed by atoms with Gasteiger partial charge in [-0.25, -0.2) is 4.39 Å². The summed E-state index contributed by atoms with van der Waals surface area (Å²) >= 11 is 1.46. The van der Waals surface area contributed by atoms with Crippen LogP contribution in [-0.4, -0.2) is 42.7 Å². The molecule has 3 nitrogen and oxygen atoms in total. The Labute approximate surface area is 123 Å². The SMILES string of the molecule is Cl.O=C(CSc1ccc(F)cc1)N1CCCNCC1. The smallest absolute Gasteiger partial charge is 0.232 e. The zero-order valence-electron chi connectivity index (χ0n) is 10.6. The van der Waals surface area contributed by atoms with Gasteiger partial charge < -0.3 is 10.2 Å². The Morgan fingerprint density at radius 2 is 2.00 bits per heavy atom. The van der Waals surface area contributed by atoms with E-state index in [9.17, 15) is 9.18 Å². The molecular weight excluding hydrogens is 287 g/mol. The van der Waals surface area contributed by atoms with Crippen molar-refractivity contribution < 1.29 is 9.18 Å². The normalized spacial score (nSPS) is 15.5. The second-order valence-electron chi connectivity index (χ2n) is 4.23. The summed E-state index contributed by atoms with van der Waals surface area (Å²) in [4.78, 5) is 14.8. The van der Waals surface area contributed by atoms with Crippen LogP contribution in [0, 0.1) is 5.82 Å². The van der Waals surface area contributed by atoms with Crippen molar-refractivity contribution in [2.75, 3.05) is 31.9 Å². The second kappa shape index (κ2) is 8.40. The predicted octanol–water partition coefficient (Wildman–Crippen LogP) is 2.16. The van der Waals surface area contributed by atoms with Gasteiger partial charge in [0.2, 0.25) is 5.91 Å². The molecule has 1 N–H and O–H groups in total. The largest absolute Gasteiger partial charge is 0.341 e. The third-order valence-electron chi connectivity index (χ3n) is 2.87. The third kappa shape index (κ3) is 5.38. The Morgan fingerprint density at radius 3 is 2.74 bits per heavy atom. The number of rotatable bonds is 3. The molecule has 0 unspecified atom stereocenters. The average molecular weight is 305 g/mol. The molecule has 0 saturated carbocycles. The van der Waals surface area contributed by atoms with Crippen molar-refractivity contribution in [1.82, 2.24) is 10.2 Å². The zero-order chi connectivity index (χ0) is 12.8. The molecule has 1 saturated heterocycles. The molecule has 19 heavy (non-hydrogen) atoms. The highest BCUT2D eigenvalue weighted by Gasteiger charge is 2.15. The van der Waals surface area contributed by atoms with E-state index in [-0.39, 0.29) is 24.1 Å². The van der Waals surface area contributed by atoms with E-state index in [4.69, 9.17) is 0 Å². The lowest BCUT2D eigenvalue weighted by Gasteiger charge is -2.19. The molecule has 1 heterocycles. The van der Waals surface area contributed by atoms with Crippen LogP contribution in [0.25, 0.3) is 0 Å². The van der Waals surface area contributed by atoms with Crippen molar-refractivity contribution in [3.8, 4) is 0 Å². The maximum Gasteiger partial charge on any atom is 0.232 e. The number of hydrogen-bond donors (Lipinski definition) is 1. The standard InChI is InChI=1S/C13H17FN2OS.ClH/c14-11-2-4-12(5-3-11)18-10-13(17)16-8-1-6-15-7-9-16;/h2-5,15H,1,6-10H2;1H. The molecule has 1 aliphatic rings. The highest BCUT2D eigenvalue weighted by Crippen LogP contribution is 2.18. The van der Waals surface area contributed by atoms with Crippen LogP contribution in [0.5, 0.6) is 0 Å². The Kier molecular flexibility index (Phi) is 7.20. The molecule has 1 aromatic carbocycles. The summed E-state index contributed by atoms with van der Waals surface area (Å²) in [5.74, 6) is 0.336. The minimum atomic E-state index is -0.246. The fourth-order valence-corrected chi connectivity index (χ4v) is 2.66. The van der Waals surface area contributed by atoms with Gasteiger partial charge in [0, 0.05) is 24.5 Å². The van der Waals surface area contributed by atoms with E-state index in [2.05, 4.69) is 5.32 Å². The maximum absolute atomic E-state index is 12.7. The van der Waals surface area contributed by atoms with Gasteiger partial charge in [0.25, 0.3) is 0 Å². The van der Waals surface area contributed by atoms with E-state index in [1.54, 1.807) is 12.1 Å². The van der Waals surface area contributed by atoms with Gasteiger partial charge >= 0.3 is 0 Å². The molecule has 0 radical (unpaired) electrons. The molecule has 2 rings (SSSR count). The Morgan fingerprint density at radius 1 is 1.26 bits per heavy atom. The van der Waals surface area contributed by atoms with E-state index in [0.29, 0.717) is 5.75 Å². The highest BCUT2D eigenvalue weighted by molar-refractivity contribution is 8.00. The number of benzene rings is 1. The lowest BCUT2D eigenvalue weighted by atomic mass is 10.4. The maximum atomic E-state index is 12.7. The van der Waals surface area contributed by atoms with Crippen molar-refractivity contribution in [3.63, 3.8) is 0 Å². The molecule has 1 aliphatic heterocycles. The number of hydrogen-bond acceptors (Lipinski definition) is 3. The lowest BCUT2D eigenvalue weighted by Crippen LogP contribution is -2.35. The number of thioether (sulfide) groups is 1. The quantitative estimate of drug-likeness (QED) is 0.869. The first kappa shape index (κ1) is 16.3. The summed E-state index contributed by atoms with van der Waals surface area (Å²) in [5.41, 5.74) is 0. The number of amides is 1. The minimum Gasteiger partial charge on any atom is -0.341 e. The van der Waals surface area contributed by atoms with Gasteiger partial charge in [0.1, 0.15) is 5.82 Å². The fraction of sp³-hybridized carbons (Fsp3) is 0.462. The first-order valence-corrected chi connectivity index (χ1v) is 7.11. The molecule has 6 heteroatoms. The number of halogens is 2. The molecule has 1 amide bonds. The van der Waals surface area contributed by atoms with Crippen molar-refractivity contribution >= 4 is 30.1 Å². The van der Waals surface area contributed by atoms with Crippen LogP contribution in [0.15, 0.2) is 29.2 Å². The molecule has 106 valence electrons. The molecule has 1 fully saturated rings. The second-order valence-corrected chi connectivity index (χ2v) is 5.28. The average Bonchev–Trinajstić information content (AvgIpc) is 2.66. The Hall–Kier alpha value is -0.780. The fourth-order valence-electron chi connectivity index (χ4n) is 1.86. The molecule has 1 aromatic rings. The zero-order valence-corrected chi connectivity index (χ0v) is 12.2. The van der Waals surface area contributed by atoms with Crippen molar-refractivity contribution in [2.45, 2.75) is 11.3 Å². The Bertz CT molecular complexity index is 394. The number of carbonyl (C=O) groups excluding carboxylic acids is 1. The van der Waals surface area contributed by atoms with Gasteiger partial charge in [0.15, 0.2) is 0 Å². The van der Waals surface area contributed by atoms with E-state index in [0.717, 1.165) is 37.5 Å². The van der Waals surface area contributed by atoms with Crippen LogP contribution < -0.4 is 5.32 Å². The van der Waals surface area contributed by atoms with E-state index in [1.807, 2.05) is 4.90 Å². The summed E-state index contributed by atoms with van der Waals surface area (Å²) in [5, 5.41) is 3.27. The third-order valence-corrected chi connectivity index (χ3v) is 3.87. The molecule has 0 bridgehead atoms. The van der Waals surface area contributed by atoms with Gasteiger partial charge in [0.05, 0.1) is 5.75 Å². The van der Waals surface area contributed by atoms with E-state index < -0.39 is 0 Å². The van der Waals surface area contributed by atoms with Crippen LogP contribution >= 0.6 is 24.2 Å². The summed E-state index contributed by atoms with van der Waals surface area (Å²) in [6.45, 7) is 3.46. The van der Waals surface area contributed by atoms with Crippen molar-refractivity contribution in [2.24, 2.45) is 0 Å². The monoisotopic (exact) mass is 304 g/mol. The number of nitrogens with one attached hydrogen (secondary N) is 1. The van der Waals surface area contributed by atoms with Gasteiger partial charge in [-0.2, -0.15) is 0 Å². The highest BCUT2D eigenvalue weighted by atomic mass is 35.5. The summed E-state index contributed by atoms with van der Waals surface area (Å²) in [6, 6.07) is 6.25. The van der Waals surface area contributed by atoms with Crippen molar-refractivity contribution in [1.29, 1.82) is 0 Å². The molecule has 0 aromatic heterocycles. The summed E-state index contributed by atoms with van der Waals surface area (Å²) < 4.78 is 12.7. The number of carbonyl (C=O) groups is 1. The van der Waals surface area contributed by atoms with Crippen LogP contribution in [-0.2, 0) is 4.79 Å².